The van der Waals surface area contributed by atoms with E-state index in [0.29, 0.717) is 11.7 Å². The van der Waals surface area contributed by atoms with E-state index in [1.807, 2.05) is 6.92 Å². The van der Waals surface area contributed by atoms with Crippen LogP contribution in [0.1, 0.15) is 29.8 Å². The summed E-state index contributed by atoms with van der Waals surface area (Å²) >= 11 is 0. The maximum atomic E-state index is 5.06. The third kappa shape index (κ3) is 3.40. The monoisotopic (exact) mass is 245 g/mol. The quantitative estimate of drug-likeness (QED) is 0.793. The second-order valence-electron chi connectivity index (χ2n) is 4.28. The molecule has 0 aliphatic carbocycles. The molecule has 0 bridgehead atoms. The van der Waals surface area contributed by atoms with Crippen molar-refractivity contribution >= 4 is 0 Å². The summed E-state index contributed by atoms with van der Waals surface area (Å²) in [7, 11) is 0. The first-order valence-corrected chi connectivity index (χ1v) is 6.36. The molecule has 2 rings (SSSR count). The summed E-state index contributed by atoms with van der Waals surface area (Å²) in [5.74, 6) is 1.39. The summed E-state index contributed by atoms with van der Waals surface area (Å²) in [5, 5.41) is 7.17. The molecule has 18 heavy (non-hydrogen) atoms. The van der Waals surface area contributed by atoms with Crippen LogP contribution >= 0.6 is 0 Å². The van der Waals surface area contributed by atoms with E-state index in [1.165, 1.54) is 11.1 Å². The lowest BCUT2D eigenvalue weighted by molar-refractivity contribution is 0.372. The fourth-order valence-corrected chi connectivity index (χ4v) is 1.93. The van der Waals surface area contributed by atoms with Crippen LogP contribution in [0, 0.1) is 6.92 Å². The largest absolute Gasteiger partial charge is 0.339 e. The summed E-state index contributed by atoms with van der Waals surface area (Å²) in [6, 6.07) is 8.52. The van der Waals surface area contributed by atoms with Gasteiger partial charge >= 0.3 is 0 Å². The molecule has 1 aromatic heterocycles. The standard InChI is InChI=1S/C14H19N3O/c1-3-12-6-4-5-7-13(12)10-15-9-8-14-16-11(2)17-18-14/h4-7,15H,3,8-10H2,1-2H3. The molecule has 96 valence electrons. The van der Waals surface area contributed by atoms with Gasteiger partial charge in [-0.05, 0) is 24.5 Å². The van der Waals surface area contributed by atoms with Crippen molar-refractivity contribution in [3.63, 3.8) is 0 Å². The molecule has 2 aromatic rings. The Morgan fingerprint density at radius 2 is 2.00 bits per heavy atom. The zero-order valence-corrected chi connectivity index (χ0v) is 10.9. The number of benzene rings is 1. The molecule has 1 aromatic carbocycles. The normalized spacial score (nSPS) is 10.8. The first-order chi connectivity index (χ1) is 8.79. The van der Waals surface area contributed by atoms with E-state index in [1.54, 1.807) is 0 Å². The van der Waals surface area contributed by atoms with Crippen LogP contribution in [0.5, 0.6) is 0 Å². The van der Waals surface area contributed by atoms with Crippen LogP contribution < -0.4 is 5.32 Å². The SMILES string of the molecule is CCc1ccccc1CNCCc1nc(C)no1. The van der Waals surface area contributed by atoms with Crippen molar-refractivity contribution in [1.29, 1.82) is 0 Å². The Kier molecular flexibility index (Phi) is 4.47. The van der Waals surface area contributed by atoms with Crippen LogP contribution in [0.4, 0.5) is 0 Å². The smallest absolute Gasteiger partial charge is 0.227 e. The van der Waals surface area contributed by atoms with Crippen molar-refractivity contribution in [1.82, 2.24) is 15.5 Å². The fraction of sp³-hybridized carbons (Fsp3) is 0.429. The molecular weight excluding hydrogens is 226 g/mol. The van der Waals surface area contributed by atoms with E-state index in [9.17, 15) is 0 Å². The lowest BCUT2D eigenvalue weighted by Crippen LogP contribution is -2.17. The summed E-state index contributed by atoms with van der Waals surface area (Å²) in [4.78, 5) is 4.17. The first-order valence-electron chi connectivity index (χ1n) is 6.36. The molecule has 0 fully saturated rings. The van der Waals surface area contributed by atoms with Crippen LogP contribution in [-0.2, 0) is 19.4 Å². The van der Waals surface area contributed by atoms with Gasteiger partial charge in [-0.2, -0.15) is 4.98 Å². The number of aryl methyl sites for hydroxylation is 2. The highest BCUT2D eigenvalue weighted by molar-refractivity contribution is 5.26. The van der Waals surface area contributed by atoms with Gasteiger partial charge in [0.15, 0.2) is 5.82 Å². The van der Waals surface area contributed by atoms with E-state index < -0.39 is 0 Å². The van der Waals surface area contributed by atoms with E-state index in [2.05, 4.69) is 46.6 Å². The minimum absolute atomic E-state index is 0.696. The van der Waals surface area contributed by atoms with Gasteiger partial charge in [-0.3, -0.25) is 0 Å². The number of rotatable bonds is 6. The molecule has 0 spiro atoms. The van der Waals surface area contributed by atoms with Gasteiger partial charge in [0.05, 0.1) is 0 Å². The van der Waals surface area contributed by atoms with Crippen molar-refractivity contribution in [3.05, 3.63) is 47.1 Å². The molecule has 0 saturated heterocycles. The molecule has 4 nitrogen and oxygen atoms in total. The second-order valence-corrected chi connectivity index (χ2v) is 4.28. The second kappa shape index (κ2) is 6.31. The van der Waals surface area contributed by atoms with E-state index >= 15 is 0 Å². The molecular formula is C14H19N3O. The maximum Gasteiger partial charge on any atom is 0.227 e. The molecule has 0 atom stereocenters. The van der Waals surface area contributed by atoms with E-state index in [-0.39, 0.29) is 0 Å². The van der Waals surface area contributed by atoms with Crippen molar-refractivity contribution < 1.29 is 4.52 Å². The zero-order chi connectivity index (χ0) is 12.8. The molecule has 0 saturated carbocycles. The van der Waals surface area contributed by atoms with Crippen molar-refractivity contribution in [2.75, 3.05) is 6.54 Å². The molecule has 0 aliphatic heterocycles. The highest BCUT2D eigenvalue weighted by Crippen LogP contribution is 2.08. The highest BCUT2D eigenvalue weighted by Gasteiger charge is 2.02. The predicted molar refractivity (Wildman–Crippen MR) is 70.3 cm³/mol. The Labute approximate surface area is 107 Å². The first kappa shape index (κ1) is 12.8. The summed E-state index contributed by atoms with van der Waals surface area (Å²) in [6.45, 7) is 5.74. The van der Waals surface area contributed by atoms with Gasteiger partial charge in [0, 0.05) is 19.5 Å². The highest BCUT2D eigenvalue weighted by atomic mass is 16.5. The number of nitrogens with one attached hydrogen (secondary N) is 1. The van der Waals surface area contributed by atoms with Crippen molar-refractivity contribution in [3.8, 4) is 0 Å². The summed E-state index contributed by atoms with van der Waals surface area (Å²) < 4.78 is 5.06. The molecule has 0 aliphatic rings. The van der Waals surface area contributed by atoms with Crippen molar-refractivity contribution in [2.45, 2.75) is 33.2 Å². The number of hydrogen-bond acceptors (Lipinski definition) is 4. The molecule has 0 radical (unpaired) electrons. The maximum absolute atomic E-state index is 5.06. The molecule has 0 amide bonds. The zero-order valence-electron chi connectivity index (χ0n) is 10.9. The van der Waals surface area contributed by atoms with Gasteiger partial charge in [-0.1, -0.05) is 36.3 Å². The van der Waals surface area contributed by atoms with Crippen LogP contribution in [0.15, 0.2) is 28.8 Å². The van der Waals surface area contributed by atoms with Crippen LogP contribution in [-0.4, -0.2) is 16.7 Å². The summed E-state index contributed by atoms with van der Waals surface area (Å²) in [6.07, 6.45) is 1.84. The minimum atomic E-state index is 0.696. The van der Waals surface area contributed by atoms with Gasteiger partial charge < -0.3 is 9.84 Å². The topological polar surface area (TPSA) is 51.0 Å². The Bertz CT molecular complexity index is 493. The van der Waals surface area contributed by atoms with Gasteiger partial charge in [-0.25, -0.2) is 0 Å². The molecule has 1 N–H and O–H groups in total. The number of nitrogens with zero attached hydrogens (tertiary/aromatic N) is 2. The third-order valence-corrected chi connectivity index (χ3v) is 2.90. The Hall–Kier alpha value is -1.68. The lowest BCUT2D eigenvalue weighted by Gasteiger charge is -2.08. The van der Waals surface area contributed by atoms with E-state index in [0.717, 1.165) is 25.9 Å². The Morgan fingerprint density at radius 1 is 1.22 bits per heavy atom. The minimum Gasteiger partial charge on any atom is -0.339 e. The van der Waals surface area contributed by atoms with Crippen LogP contribution in [0.2, 0.25) is 0 Å². The molecule has 4 heteroatoms. The van der Waals surface area contributed by atoms with Crippen LogP contribution in [0.25, 0.3) is 0 Å². The van der Waals surface area contributed by atoms with Gasteiger partial charge in [-0.15, -0.1) is 0 Å². The fourth-order valence-electron chi connectivity index (χ4n) is 1.93. The van der Waals surface area contributed by atoms with Crippen molar-refractivity contribution in [2.24, 2.45) is 0 Å². The molecule has 0 unspecified atom stereocenters. The Balaban J connectivity index is 1.78. The lowest BCUT2D eigenvalue weighted by atomic mass is 10.1. The van der Waals surface area contributed by atoms with Gasteiger partial charge in [0.25, 0.3) is 0 Å². The average molecular weight is 245 g/mol. The summed E-state index contributed by atoms with van der Waals surface area (Å²) in [5.41, 5.74) is 2.76. The van der Waals surface area contributed by atoms with Gasteiger partial charge in [0.1, 0.15) is 0 Å². The number of hydrogen-bond donors (Lipinski definition) is 1. The average Bonchev–Trinajstić information content (AvgIpc) is 2.81. The van der Waals surface area contributed by atoms with Gasteiger partial charge in [0.2, 0.25) is 5.89 Å². The number of aromatic nitrogens is 2. The third-order valence-electron chi connectivity index (χ3n) is 2.90. The molecule has 1 heterocycles. The predicted octanol–water partition coefficient (Wildman–Crippen LogP) is 2.27. The van der Waals surface area contributed by atoms with Crippen LogP contribution in [0.3, 0.4) is 0 Å². The van der Waals surface area contributed by atoms with E-state index in [4.69, 9.17) is 4.52 Å². The Morgan fingerprint density at radius 3 is 2.67 bits per heavy atom.